The first-order valence-electron chi connectivity index (χ1n) is 7.25. The smallest absolute Gasteiger partial charge is 0.264 e. The van der Waals surface area contributed by atoms with Crippen molar-refractivity contribution in [2.45, 2.75) is 70.1 Å². The van der Waals surface area contributed by atoms with E-state index in [1.807, 2.05) is 13.8 Å². The van der Waals surface area contributed by atoms with E-state index in [2.05, 4.69) is 0 Å². The summed E-state index contributed by atoms with van der Waals surface area (Å²) in [6, 6.07) is 0. The monoisotopic (exact) mass is 308 g/mol. The zero-order chi connectivity index (χ0) is 14.8. The lowest BCUT2D eigenvalue weighted by Gasteiger charge is -2.31. The quantitative estimate of drug-likeness (QED) is 0.594. The van der Waals surface area contributed by atoms with E-state index >= 15 is 0 Å². The molecule has 2 aliphatic rings. The summed E-state index contributed by atoms with van der Waals surface area (Å²) in [5, 5.41) is 0. The molecule has 0 amide bonds. The second-order valence-corrected chi connectivity index (χ2v) is 7.28. The Balaban J connectivity index is 1.83. The fraction of sp³-hybridized carbons (Fsp3) is 1.00. The minimum atomic E-state index is -3.90. The third-order valence-corrected chi connectivity index (χ3v) is 4.82. The van der Waals surface area contributed by atoms with Crippen LogP contribution in [0.4, 0.5) is 0 Å². The summed E-state index contributed by atoms with van der Waals surface area (Å²) >= 11 is 0. The molecule has 0 radical (unpaired) electrons. The normalized spacial score (nSPS) is 37.9. The van der Waals surface area contributed by atoms with Crippen LogP contribution in [-0.4, -0.2) is 49.4 Å². The lowest BCUT2D eigenvalue weighted by Crippen LogP contribution is -2.41. The fourth-order valence-corrected chi connectivity index (χ4v) is 3.31. The van der Waals surface area contributed by atoms with Crippen LogP contribution in [0, 0.1) is 0 Å². The van der Waals surface area contributed by atoms with Crippen LogP contribution < -0.4 is 0 Å². The van der Waals surface area contributed by atoms with Crippen molar-refractivity contribution in [2.24, 2.45) is 0 Å². The molecule has 0 aromatic rings. The van der Waals surface area contributed by atoms with E-state index in [-0.39, 0.29) is 24.1 Å². The van der Waals surface area contributed by atoms with Crippen molar-refractivity contribution in [3.8, 4) is 0 Å². The summed E-state index contributed by atoms with van der Waals surface area (Å²) in [4.78, 5) is 0. The maximum absolute atomic E-state index is 10.6. The van der Waals surface area contributed by atoms with E-state index in [1.54, 1.807) is 0 Å². The Morgan fingerprint density at radius 1 is 1.35 bits per heavy atom. The molecule has 7 heteroatoms. The summed E-state index contributed by atoms with van der Waals surface area (Å²) in [6.45, 7) is 4.28. The van der Waals surface area contributed by atoms with Crippen LogP contribution in [0.5, 0.6) is 0 Å². The lowest BCUT2D eigenvalue weighted by molar-refractivity contribution is -0.172. The third kappa shape index (κ3) is 4.14. The Morgan fingerprint density at radius 2 is 2.10 bits per heavy atom. The summed E-state index contributed by atoms with van der Waals surface area (Å²) in [5.74, 6) is -0.798. The highest BCUT2D eigenvalue weighted by Crippen LogP contribution is 2.39. The van der Waals surface area contributed by atoms with Crippen LogP contribution in [0.1, 0.15) is 46.0 Å². The predicted octanol–water partition coefficient (Wildman–Crippen LogP) is 1.74. The largest absolute Gasteiger partial charge is 0.375 e. The molecule has 1 N–H and O–H groups in total. The highest BCUT2D eigenvalue weighted by Gasteiger charge is 2.48. The molecule has 2 fully saturated rings. The maximum atomic E-state index is 10.6. The molecule has 4 atom stereocenters. The third-order valence-electron chi connectivity index (χ3n) is 4.02. The molecule has 1 saturated carbocycles. The molecule has 0 aromatic heterocycles. The van der Waals surface area contributed by atoms with Gasteiger partial charge in [0, 0.05) is 6.61 Å². The Morgan fingerprint density at radius 3 is 2.75 bits per heavy atom. The zero-order valence-corrected chi connectivity index (χ0v) is 12.9. The molecule has 2 rings (SSSR count). The lowest BCUT2D eigenvalue weighted by atomic mass is 9.92. The highest BCUT2D eigenvalue weighted by molar-refractivity contribution is 7.85. The van der Waals surface area contributed by atoms with E-state index in [9.17, 15) is 8.42 Å². The molecule has 20 heavy (non-hydrogen) atoms. The molecule has 1 aliphatic heterocycles. The van der Waals surface area contributed by atoms with Crippen molar-refractivity contribution in [3.05, 3.63) is 0 Å². The minimum Gasteiger partial charge on any atom is -0.375 e. The summed E-state index contributed by atoms with van der Waals surface area (Å²) in [5.41, 5.74) is 0. The molecule has 4 unspecified atom stereocenters. The number of hydrogen-bond donors (Lipinski definition) is 1. The molecule has 1 saturated heterocycles. The first-order chi connectivity index (χ1) is 9.33. The van der Waals surface area contributed by atoms with Crippen molar-refractivity contribution in [1.82, 2.24) is 0 Å². The van der Waals surface area contributed by atoms with Gasteiger partial charge >= 0.3 is 0 Å². The van der Waals surface area contributed by atoms with Crippen LogP contribution in [0.3, 0.4) is 0 Å². The first kappa shape index (κ1) is 16.2. The number of hydrogen-bond acceptors (Lipinski definition) is 5. The van der Waals surface area contributed by atoms with E-state index in [0.29, 0.717) is 13.0 Å². The van der Waals surface area contributed by atoms with Crippen LogP contribution in [0.25, 0.3) is 0 Å². The van der Waals surface area contributed by atoms with Crippen molar-refractivity contribution < 1.29 is 27.2 Å². The zero-order valence-electron chi connectivity index (χ0n) is 12.1. The Kier molecular flexibility index (Phi) is 5.07. The maximum Gasteiger partial charge on any atom is 0.264 e. The Bertz CT molecular complexity index is 423. The second kappa shape index (κ2) is 6.27. The topological polar surface area (TPSA) is 82.1 Å². The van der Waals surface area contributed by atoms with Gasteiger partial charge in [-0.2, -0.15) is 8.42 Å². The van der Waals surface area contributed by atoms with E-state index in [0.717, 1.165) is 25.7 Å². The molecule has 118 valence electrons. The molecular weight excluding hydrogens is 284 g/mol. The average molecular weight is 308 g/mol. The summed E-state index contributed by atoms with van der Waals surface area (Å²) in [7, 11) is -3.90. The standard InChI is InChI=1S/C13H24O6S/c1-3-13(2)18-11-7-4-6-10(12(11)19-13)17-8-5-9-20(14,15)16/h10-12H,3-9H2,1-2H3,(H,14,15,16). The minimum absolute atomic E-state index is 0.0523. The molecule has 0 bridgehead atoms. The number of ether oxygens (including phenoxy) is 3. The van der Waals surface area contributed by atoms with Gasteiger partial charge in [-0.1, -0.05) is 6.92 Å². The van der Waals surface area contributed by atoms with Gasteiger partial charge in [0.2, 0.25) is 0 Å². The van der Waals surface area contributed by atoms with Gasteiger partial charge in [0.25, 0.3) is 10.1 Å². The van der Waals surface area contributed by atoms with Gasteiger partial charge in [-0.15, -0.1) is 0 Å². The van der Waals surface area contributed by atoms with Gasteiger partial charge in [-0.3, -0.25) is 4.55 Å². The SMILES string of the molecule is CCC1(C)OC2CCCC(OCCCS(=O)(=O)O)C2O1. The van der Waals surface area contributed by atoms with E-state index in [1.165, 1.54) is 0 Å². The Hall–Kier alpha value is -0.210. The molecular formula is C13H24O6S. The second-order valence-electron chi connectivity index (χ2n) is 5.71. The highest BCUT2D eigenvalue weighted by atomic mass is 32.2. The number of fused-ring (bicyclic) bond motifs is 1. The van der Waals surface area contributed by atoms with E-state index in [4.69, 9.17) is 18.8 Å². The molecule has 0 spiro atoms. The molecule has 1 heterocycles. The summed E-state index contributed by atoms with van der Waals surface area (Å²) in [6.07, 6.45) is 3.92. The Labute approximate surface area is 120 Å². The average Bonchev–Trinajstić information content (AvgIpc) is 2.71. The van der Waals surface area contributed by atoms with Crippen LogP contribution in [0.15, 0.2) is 0 Å². The van der Waals surface area contributed by atoms with Crippen LogP contribution >= 0.6 is 0 Å². The van der Waals surface area contributed by atoms with Crippen molar-refractivity contribution in [1.29, 1.82) is 0 Å². The van der Waals surface area contributed by atoms with Gasteiger partial charge in [-0.05, 0) is 39.0 Å². The van der Waals surface area contributed by atoms with Crippen LogP contribution in [-0.2, 0) is 24.3 Å². The van der Waals surface area contributed by atoms with Gasteiger partial charge in [0.1, 0.15) is 6.10 Å². The van der Waals surface area contributed by atoms with Crippen molar-refractivity contribution in [2.75, 3.05) is 12.4 Å². The predicted molar refractivity (Wildman–Crippen MR) is 73.1 cm³/mol. The van der Waals surface area contributed by atoms with Gasteiger partial charge < -0.3 is 14.2 Å². The fourth-order valence-electron chi connectivity index (χ4n) is 2.82. The van der Waals surface area contributed by atoms with Gasteiger partial charge in [0.15, 0.2) is 5.79 Å². The number of rotatable bonds is 6. The molecule has 0 aromatic carbocycles. The van der Waals surface area contributed by atoms with Gasteiger partial charge in [-0.25, -0.2) is 0 Å². The molecule has 1 aliphatic carbocycles. The van der Waals surface area contributed by atoms with Crippen molar-refractivity contribution >= 4 is 10.1 Å². The van der Waals surface area contributed by atoms with Gasteiger partial charge in [0.05, 0.1) is 18.0 Å². The summed E-state index contributed by atoms with van der Waals surface area (Å²) < 4.78 is 47.7. The van der Waals surface area contributed by atoms with E-state index < -0.39 is 15.9 Å². The van der Waals surface area contributed by atoms with Crippen LogP contribution in [0.2, 0.25) is 0 Å². The molecule has 6 nitrogen and oxygen atoms in total. The first-order valence-corrected chi connectivity index (χ1v) is 8.86. The van der Waals surface area contributed by atoms with Crippen molar-refractivity contribution in [3.63, 3.8) is 0 Å².